The first kappa shape index (κ1) is 13.8. The molecule has 0 saturated heterocycles. The van der Waals surface area contributed by atoms with Crippen LogP contribution in [-0.4, -0.2) is 10.5 Å². The molecule has 5 heteroatoms. The van der Waals surface area contributed by atoms with Gasteiger partial charge in [0.05, 0.1) is 10.2 Å². The Kier molecular flexibility index (Phi) is 3.89. The molecular weight excluding hydrogens is 336 g/mol. The minimum atomic E-state index is 0.0275. The lowest BCUT2D eigenvalue weighted by Gasteiger charge is -2.20. The normalized spacial score (nSPS) is 16.4. The molecule has 0 spiro atoms. The van der Waals surface area contributed by atoms with E-state index in [9.17, 15) is 4.79 Å². The minimum Gasteiger partial charge on any atom is -0.313 e. The predicted molar refractivity (Wildman–Crippen MR) is 85.6 cm³/mol. The molecule has 1 amide bonds. The first-order valence-electron chi connectivity index (χ1n) is 6.67. The Hall–Kier alpha value is -1.20. The summed E-state index contributed by atoms with van der Waals surface area (Å²) >= 11 is 5.04. The Morgan fingerprint density at radius 2 is 2.35 bits per heavy atom. The number of amides is 1. The lowest BCUT2D eigenvalue weighted by molar-refractivity contribution is -0.124. The highest BCUT2D eigenvalue weighted by Crippen LogP contribution is 2.27. The van der Waals surface area contributed by atoms with Crippen LogP contribution in [0.3, 0.4) is 0 Å². The molecule has 1 aliphatic rings. The van der Waals surface area contributed by atoms with Crippen LogP contribution in [0.5, 0.6) is 0 Å². The van der Waals surface area contributed by atoms with E-state index in [0.29, 0.717) is 6.54 Å². The van der Waals surface area contributed by atoms with E-state index in [1.165, 1.54) is 0 Å². The zero-order chi connectivity index (χ0) is 14.1. The Balaban J connectivity index is 2.12. The van der Waals surface area contributed by atoms with Crippen LogP contribution in [0.25, 0.3) is 10.2 Å². The van der Waals surface area contributed by atoms with Gasteiger partial charge in [0.1, 0.15) is 0 Å². The van der Waals surface area contributed by atoms with Gasteiger partial charge in [0.2, 0.25) is 0 Å². The molecule has 1 saturated carbocycles. The van der Waals surface area contributed by atoms with Crippen LogP contribution < -0.4 is 4.80 Å². The van der Waals surface area contributed by atoms with Crippen LogP contribution in [-0.2, 0) is 11.3 Å². The van der Waals surface area contributed by atoms with Gasteiger partial charge in [0.25, 0.3) is 5.91 Å². The molecule has 0 radical (unpaired) electrons. The number of carbonyl (C=O) groups excluding carboxylic acids is 1. The van der Waals surface area contributed by atoms with Crippen LogP contribution in [0, 0.1) is 5.92 Å². The lowest BCUT2D eigenvalue weighted by atomic mass is 9.85. The van der Waals surface area contributed by atoms with Gasteiger partial charge in [-0.2, -0.15) is 4.99 Å². The summed E-state index contributed by atoms with van der Waals surface area (Å²) in [5, 5.41) is 0. The molecule has 1 aromatic carbocycles. The maximum Gasteiger partial charge on any atom is 0.251 e. The van der Waals surface area contributed by atoms with Gasteiger partial charge in [0.15, 0.2) is 4.80 Å². The monoisotopic (exact) mass is 350 g/mol. The Labute approximate surface area is 129 Å². The average Bonchev–Trinajstić information content (AvgIpc) is 2.64. The Morgan fingerprint density at radius 3 is 3.00 bits per heavy atom. The highest BCUT2D eigenvalue weighted by molar-refractivity contribution is 9.10. The third-order valence-corrected chi connectivity index (χ3v) is 5.15. The second kappa shape index (κ2) is 5.66. The summed E-state index contributed by atoms with van der Waals surface area (Å²) in [5.41, 5.74) is 1.10. The molecule has 1 fully saturated rings. The number of thiazole rings is 1. The number of aromatic nitrogens is 1. The van der Waals surface area contributed by atoms with Crippen molar-refractivity contribution < 1.29 is 4.79 Å². The zero-order valence-corrected chi connectivity index (χ0v) is 13.4. The quantitative estimate of drug-likeness (QED) is 0.773. The van der Waals surface area contributed by atoms with Gasteiger partial charge >= 0.3 is 0 Å². The minimum absolute atomic E-state index is 0.0275. The molecule has 0 atom stereocenters. The number of hydrogen-bond acceptors (Lipinski definition) is 2. The van der Waals surface area contributed by atoms with E-state index in [2.05, 4.69) is 38.1 Å². The van der Waals surface area contributed by atoms with Gasteiger partial charge < -0.3 is 4.57 Å². The van der Waals surface area contributed by atoms with Crippen molar-refractivity contribution >= 4 is 43.4 Å². The second-order valence-electron chi connectivity index (χ2n) is 4.97. The predicted octanol–water partition coefficient (Wildman–Crippen LogP) is 3.88. The number of rotatable bonds is 3. The number of halogens is 1. The molecule has 104 valence electrons. The molecule has 1 aliphatic carbocycles. The summed E-state index contributed by atoms with van der Waals surface area (Å²) < 4.78 is 4.21. The number of hydrogen-bond donors (Lipinski definition) is 0. The fourth-order valence-electron chi connectivity index (χ4n) is 2.28. The number of allylic oxidation sites excluding steroid dienone is 1. The van der Waals surface area contributed by atoms with Crippen molar-refractivity contribution in [2.24, 2.45) is 10.9 Å². The highest BCUT2D eigenvalue weighted by atomic mass is 79.9. The smallest absolute Gasteiger partial charge is 0.251 e. The molecule has 2 aromatic rings. The summed E-state index contributed by atoms with van der Waals surface area (Å²) in [5.74, 6) is 0.170. The SMILES string of the molecule is C=CCn1c(=NC(=O)C2CCC2)sc2cc(Br)ccc21. The van der Waals surface area contributed by atoms with Gasteiger partial charge in [-0.05, 0) is 31.0 Å². The number of fused-ring (bicyclic) bond motifs is 1. The summed E-state index contributed by atoms with van der Waals surface area (Å²) in [6.45, 7) is 4.46. The van der Waals surface area contributed by atoms with Gasteiger partial charge in [-0.15, -0.1) is 6.58 Å². The summed E-state index contributed by atoms with van der Waals surface area (Å²) in [7, 11) is 0. The first-order valence-corrected chi connectivity index (χ1v) is 8.28. The fraction of sp³-hybridized carbons (Fsp3) is 0.333. The summed E-state index contributed by atoms with van der Waals surface area (Å²) in [6.07, 6.45) is 4.96. The van der Waals surface area contributed by atoms with Gasteiger partial charge in [0, 0.05) is 16.9 Å². The standard InChI is InChI=1S/C15H15BrN2OS/c1-2-8-18-12-7-6-11(16)9-13(12)20-15(18)17-14(19)10-4-3-5-10/h2,6-7,9-10H,1,3-5,8H2. The van der Waals surface area contributed by atoms with Crippen LogP contribution in [0.1, 0.15) is 19.3 Å². The van der Waals surface area contributed by atoms with Gasteiger partial charge in [-0.25, -0.2) is 0 Å². The maximum atomic E-state index is 12.1. The molecule has 0 aliphatic heterocycles. The van der Waals surface area contributed by atoms with Crippen molar-refractivity contribution in [3.8, 4) is 0 Å². The van der Waals surface area contributed by atoms with E-state index in [4.69, 9.17) is 0 Å². The number of nitrogens with zero attached hydrogens (tertiary/aromatic N) is 2. The molecule has 20 heavy (non-hydrogen) atoms. The zero-order valence-electron chi connectivity index (χ0n) is 11.0. The van der Waals surface area contributed by atoms with E-state index >= 15 is 0 Å². The number of carbonyl (C=O) groups is 1. The number of benzene rings is 1. The Bertz CT molecular complexity index is 740. The summed E-state index contributed by atoms with van der Waals surface area (Å²) in [4.78, 5) is 17.2. The average molecular weight is 351 g/mol. The van der Waals surface area contributed by atoms with Crippen molar-refractivity contribution in [3.05, 3.63) is 40.1 Å². The fourth-order valence-corrected chi connectivity index (χ4v) is 3.88. The Morgan fingerprint density at radius 1 is 1.55 bits per heavy atom. The molecule has 1 heterocycles. The highest BCUT2D eigenvalue weighted by Gasteiger charge is 2.25. The molecular formula is C15H15BrN2OS. The van der Waals surface area contributed by atoms with E-state index in [1.54, 1.807) is 11.3 Å². The van der Waals surface area contributed by atoms with Crippen molar-refractivity contribution in [2.75, 3.05) is 0 Å². The van der Waals surface area contributed by atoms with E-state index in [0.717, 1.165) is 38.8 Å². The molecule has 3 nitrogen and oxygen atoms in total. The van der Waals surface area contributed by atoms with Gasteiger partial charge in [-0.3, -0.25) is 4.79 Å². The molecule has 0 unspecified atom stereocenters. The van der Waals surface area contributed by atoms with E-state index < -0.39 is 0 Å². The molecule has 0 N–H and O–H groups in total. The topological polar surface area (TPSA) is 34.4 Å². The van der Waals surface area contributed by atoms with Crippen LogP contribution >= 0.6 is 27.3 Å². The van der Waals surface area contributed by atoms with Crippen molar-refractivity contribution in [1.82, 2.24) is 4.57 Å². The third-order valence-electron chi connectivity index (χ3n) is 3.62. The van der Waals surface area contributed by atoms with E-state index in [-0.39, 0.29) is 11.8 Å². The second-order valence-corrected chi connectivity index (χ2v) is 6.90. The lowest BCUT2D eigenvalue weighted by Crippen LogP contribution is -2.24. The van der Waals surface area contributed by atoms with Crippen molar-refractivity contribution in [3.63, 3.8) is 0 Å². The molecule has 0 bridgehead atoms. The van der Waals surface area contributed by atoms with Crippen molar-refractivity contribution in [2.45, 2.75) is 25.8 Å². The van der Waals surface area contributed by atoms with Crippen molar-refractivity contribution in [1.29, 1.82) is 0 Å². The van der Waals surface area contributed by atoms with Crippen LogP contribution in [0.15, 0.2) is 40.3 Å². The largest absolute Gasteiger partial charge is 0.313 e. The third kappa shape index (κ3) is 2.52. The van der Waals surface area contributed by atoms with E-state index in [1.807, 2.05) is 18.2 Å². The maximum absolute atomic E-state index is 12.1. The summed E-state index contributed by atoms with van der Waals surface area (Å²) in [6, 6.07) is 6.12. The molecule has 3 rings (SSSR count). The van der Waals surface area contributed by atoms with Crippen LogP contribution in [0.2, 0.25) is 0 Å². The molecule has 1 aromatic heterocycles. The van der Waals surface area contributed by atoms with Crippen LogP contribution in [0.4, 0.5) is 0 Å². The van der Waals surface area contributed by atoms with Gasteiger partial charge in [-0.1, -0.05) is 39.8 Å². The first-order chi connectivity index (χ1) is 9.69.